The summed E-state index contributed by atoms with van der Waals surface area (Å²) in [6.45, 7) is 0.316. The molecule has 2 aromatic carbocycles. The molecule has 2 amide bonds. The van der Waals surface area contributed by atoms with E-state index in [1.54, 1.807) is 18.2 Å². The number of carbonyl (C=O) groups excluding carboxylic acids is 1. The Hall–Kier alpha value is -2.24. The number of benzene rings is 2. The largest absolute Gasteiger partial charge is 0.489 e. The van der Waals surface area contributed by atoms with Gasteiger partial charge in [0.1, 0.15) is 12.4 Å². The average molecular weight is 338 g/mol. The molecule has 3 N–H and O–H groups in total. The van der Waals surface area contributed by atoms with Crippen LogP contribution in [-0.2, 0) is 6.61 Å². The second-order valence-electron chi connectivity index (χ2n) is 4.33. The molecular formula is C15H13Cl2N3O2. The first-order valence-electron chi connectivity index (χ1n) is 6.30. The van der Waals surface area contributed by atoms with Crippen LogP contribution in [0.5, 0.6) is 5.75 Å². The van der Waals surface area contributed by atoms with Crippen molar-refractivity contribution in [3.63, 3.8) is 0 Å². The fourth-order valence-corrected chi connectivity index (χ4v) is 2.12. The lowest BCUT2D eigenvalue weighted by Crippen LogP contribution is -2.24. The third-order valence-corrected chi connectivity index (χ3v) is 3.24. The van der Waals surface area contributed by atoms with Gasteiger partial charge in [-0.25, -0.2) is 10.2 Å². The number of carbonyl (C=O) groups is 1. The summed E-state index contributed by atoms with van der Waals surface area (Å²) in [5.41, 5.74) is 8.63. The van der Waals surface area contributed by atoms with Crippen molar-refractivity contribution in [3.05, 3.63) is 63.6 Å². The second kappa shape index (κ2) is 7.68. The van der Waals surface area contributed by atoms with Gasteiger partial charge in [-0.3, -0.25) is 0 Å². The minimum absolute atomic E-state index is 0.316. The Morgan fingerprint density at radius 2 is 2.09 bits per heavy atom. The highest BCUT2D eigenvalue weighted by molar-refractivity contribution is 6.35. The van der Waals surface area contributed by atoms with Crippen LogP contribution in [0.1, 0.15) is 11.1 Å². The third kappa shape index (κ3) is 4.95. The molecule has 0 radical (unpaired) electrons. The number of rotatable bonds is 5. The van der Waals surface area contributed by atoms with Crippen LogP contribution < -0.4 is 15.9 Å². The van der Waals surface area contributed by atoms with Gasteiger partial charge >= 0.3 is 6.03 Å². The van der Waals surface area contributed by atoms with Gasteiger partial charge in [0.05, 0.1) is 6.21 Å². The molecule has 0 saturated heterocycles. The topological polar surface area (TPSA) is 76.7 Å². The molecule has 0 aliphatic rings. The Labute approximate surface area is 137 Å². The lowest BCUT2D eigenvalue weighted by atomic mass is 10.2. The van der Waals surface area contributed by atoms with Crippen LogP contribution >= 0.6 is 23.2 Å². The molecule has 2 aromatic rings. The van der Waals surface area contributed by atoms with Crippen molar-refractivity contribution in [2.24, 2.45) is 10.8 Å². The SMILES string of the molecule is NC(=O)NN=Cc1cccc(OCc2ccc(Cl)cc2Cl)c1. The van der Waals surface area contributed by atoms with Crippen LogP contribution in [-0.4, -0.2) is 12.2 Å². The molecule has 0 aliphatic carbocycles. The zero-order chi connectivity index (χ0) is 15.9. The number of hydrazone groups is 1. The van der Waals surface area contributed by atoms with Crippen molar-refractivity contribution in [1.82, 2.24) is 5.43 Å². The summed E-state index contributed by atoms with van der Waals surface area (Å²) in [6, 6.07) is 11.7. The van der Waals surface area contributed by atoms with Gasteiger partial charge in [-0.05, 0) is 29.8 Å². The third-order valence-electron chi connectivity index (χ3n) is 2.66. The molecule has 0 atom stereocenters. The van der Waals surface area contributed by atoms with E-state index in [1.165, 1.54) is 6.21 Å². The summed E-state index contributed by atoms with van der Waals surface area (Å²) in [5.74, 6) is 0.647. The fraction of sp³-hybridized carbons (Fsp3) is 0.0667. The maximum Gasteiger partial charge on any atom is 0.332 e. The molecule has 22 heavy (non-hydrogen) atoms. The molecule has 0 unspecified atom stereocenters. The highest BCUT2D eigenvalue weighted by Gasteiger charge is 2.03. The van der Waals surface area contributed by atoms with E-state index >= 15 is 0 Å². The summed E-state index contributed by atoms with van der Waals surface area (Å²) in [4.78, 5) is 10.5. The van der Waals surface area contributed by atoms with Crippen molar-refractivity contribution in [2.75, 3.05) is 0 Å². The van der Waals surface area contributed by atoms with Crippen LogP contribution in [0.25, 0.3) is 0 Å². The minimum atomic E-state index is -0.721. The number of nitrogens with two attached hydrogens (primary N) is 1. The molecule has 0 saturated carbocycles. The van der Waals surface area contributed by atoms with Gasteiger partial charge in [-0.2, -0.15) is 5.10 Å². The maximum atomic E-state index is 10.5. The van der Waals surface area contributed by atoms with Gasteiger partial charge < -0.3 is 10.5 Å². The fourth-order valence-electron chi connectivity index (χ4n) is 1.65. The summed E-state index contributed by atoms with van der Waals surface area (Å²) in [6.07, 6.45) is 1.47. The lowest BCUT2D eigenvalue weighted by Gasteiger charge is -2.08. The van der Waals surface area contributed by atoms with E-state index in [4.69, 9.17) is 33.7 Å². The van der Waals surface area contributed by atoms with Crippen LogP contribution in [0.15, 0.2) is 47.6 Å². The Bertz CT molecular complexity index is 705. The molecule has 5 nitrogen and oxygen atoms in total. The zero-order valence-corrected chi connectivity index (χ0v) is 12.9. The van der Waals surface area contributed by atoms with Crippen LogP contribution in [0.4, 0.5) is 4.79 Å². The van der Waals surface area contributed by atoms with Gasteiger partial charge in [-0.15, -0.1) is 0 Å². The van der Waals surface area contributed by atoms with Crippen molar-refractivity contribution in [3.8, 4) is 5.75 Å². The Balaban J connectivity index is 2.01. The van der Waals surface area contributed by atoms with E-state index in [2.05, 4.69) is 10.5 Å². The van der Waals surface area contributed by atoms with Gasteiger partial charge in [0, 0.05) is 15.6 Å². The van der Waals surface area contributed by atoms with Gasteiger partial charge in [0.25, 0.3) is 0 Å². The second-order valence-corrected chi connectivity index (χ2v) is 5.17. The predicted octanol–water partition coefficient (Wildman–Crippen LogP) is 3.57. The smallest absolute Gasteiger partial charge is 0.332 e. The Morgan fingerprint density at radius 1 is 1.27 bits per heavy atom. The first-order chi connectivity index (χ1) is 10.5. The number of nitrogens with zero attached hydrogens (tertiary/aromatic N) is 1. The van der Waals surface area contributed by atoms with E-state index < -0.39 is 6.03 Å². The molecule has 0 heterocycles. The number of ether oxygens (including phenoxy) is 1. The molecule has 0 aliphatic heterocycles. The van der Waals surface area contributed by atoms with Crippen LogP contribution in [0, 0.1) is 0 Å². The van der Waals surface area contributed by atoms with Crippen LogP contribution in [0.3, 0.4) is 0 Å². The summed E-state index contributed by atoms with van der Waals surface area (Å²) < 4.78 is 5.68. The number of halogens is 2. The molecular weight excluding hydrogens is 325 g/mol. The van der Waals surface area contributed by atoms with E-state index in [0.29, 0.717) is 22.4 Å². The van der Waals surface area contributed by atoms with E-state index in [0.717, 1.165) is 11.1 Å². The number of urea groups is 1. The standard InChI is InChI=1S/C15H13Cl2N3O2/c16-12-5-4-11(14(17)7-12)9-22-13-3-1-2-10(6-13)8-19-20-15(18)21/h1-8H,9H2,(H3,18,20,21). The van der Waals surface area contributed by atoms with E-state index in [-0.39, 0.29) is 0 Å². The number of hydrogen-bond acceptors (Lipinski definition) is 3. The summed E-state index contributed by atoms with van der Waals surface area (Å²) in [5, 5.41) is 4.81. The zero-order valence-electron chi connectivity index (χ0n) is 11.4. The molecule has 0 fully saturated rings. The molecule has 2 rings (SSSR count). The van der Waals surface area contributed by atoms with Gasteiger partial charge in [0.15, 0.2) is 0 Å². The number of hydrogen-bond donors (Lipinski definition) is 2. The van der Waals surface area contributed by atoms with Crippen molar-refractivity contribution >= 4 is 35.4 Å². The quantitative estimate of drug-likeness (QED) is 0.646. The van der Waals surface area contributed by atoms with Gasteiger partial charge in [-0.1, -0.05) is 41.4 Å². The normalized spacial score (nSPS) is 10.6. The Kier molecular flexibility index (Phi) is 5.63. The number of primary amides is 1. The van der Waals surface area contributed by atoms with Crippen molar-refractivity contribution in [1.29, 1.82) is 0 Å². The molecule has 114 valence electrons. The van der Waals surface area contributed by atoms with Crippen molar-refractivity contribution < 1.29 is 9.53 Å². The lowest BCUT2D eigenvalue weighted by molar-refractivity contribution is 0.249. The predicted molar refractivity (Wildman–Crippen MR) is 87.5 cm³/mol. The molecule has 7 heteroatoms. The summed E-state index contributed by atoms with van der Waals surface area (Å²) in [7, 11) is 0. The van der Waals surface area contributed by atoms with E-state index in [9.17, 15) is 4.79 Å². The van der Waals surface area contributed by atoms with Crippen molar-refractivity contribution in [2.45, 2.75) is 6.61 Å². The van der Waals surface area contributed by atoms with Gasteiger partial charge in [0.2, 0.25) is 0 Å². The monoisotopic (exact) mass is 337 g/mol. The molecule has 0 bridgehead atoms. The van der Waals surface area contributed by atoms with Crippen LogP contribution in [0.2, 0.25) is 10.0 Å². The highest BCUT2D eigenvalue weighted by atomic mass is 35.5. The molecule has 0 spiro atoms. The highest BCUT2D eigenvalue weighted by Crippen LogP contribution is 2.22. The summed E-state index contributed by atoms with van der Waals surface area (Å²) >= 11 is 11.9. The average Bonchev–Trinajstić information content (AvgIpc) is 2.46. The molecule has 0 aromatic heterocycles. The van der Waals surface area contributed by atoms with E-state index in [1.807, 2.05) is 24.3 Å². The number of amides is 2. The first kappa shape index (κ1) is 16.1. The maximum absolute atomic E-state index is 10.5. The number of nitrogens with one attached hydrogen (secondary N) is 1. The minimum Gasteiger partial charge on any atom is -0.489 e. The Morgan fingerprint density at radius 3 is 2.82 bits per heavy atom. The first-order valence-corrected chi connectivity index (χ1v) is 7.05.